The molecule has 3 nitrogen and oxygen atoms in total. The van der Waals surface area contributed by atoms with Gasteiger partial charge in [0.25, 0.3) is 0 Å². The van der Waals surface area contributed by atoms with Gasteiger partial charge in [-0.05, 0) is 43.7 Å². The molecule has 4 heteroatoms. The molecule has 0 heterocycles. The molecule has 0 aliphatic rings. The summed E-state index contributed by atoms with van der Waals surface area (Å²) in [6, 6.07) is 4.08. The first-order valence-electron chi connectivity index (χ1n) is 5.63. The number of likely N-dealkylation sites (N-methyl/N-ethyl adjacent to an activating group) is 1. The SMILES string of the molecule is COc1cc(C)c(CCN(C)CS)cc1OC. The van der Waals surface area contributed by atoms with Crippen molar-refractivity contribution < 1.29 is 9.47 Å². The average Bonchev–Trinajstić information content (AvgIpc) is 2.36. The first-order chi connectivity index (χ1) is 8.12. The molecule has 1 aromatic rings. The minimum absolute atomic E-state index is 0.770. The van der Waals surface area contributed by atoms with E-state index in [1.54, 1.807) is 14.2 Å². The van der Waals surface area contributed by atoms with Crippen LogP contribution in [-0.2, 0) is 6.42 Å². The molecule has 0 unspecified atom stereocenters. The number of aryl methyl sites for hydroxylation is 1. The fraction of sp³-hybridized carbons (Fsp3) is 0.538. The largest absolute Gasteiger partial charge is 0.493 e. The van der Waals surface area contributed by atoms with E-state index in [0.717, 1.165) is 30.3 Å². The van der Waals surface area contributed by atoms with E-state index >= 15 is 0 Å². The van der Waals surface area contributed by atoms with E-state index in [-0.39, 0.29) is 0 Å². The smallest absolute Gasteiger partial charge is 0.161 e. The van der Waals surface area contributed by atoms with Crippen LogP contribution in [0.4, 0.5) is 0 Å². The van der Waals surface area contributed by atoms with Crippen molar-refractivity contribution in [1.29, 1.82) is 0 Å². The van der Waals surface area contributed by atoms with Gasteiger partial charge in [-0.1, -0.05) is 0 Å². The molecule has 0 amide bonds. The van der Waals surface area contributed by atoms with E-state index in [1.807, 2.05) is 6.07 Å². The van der Waals surface area contributed by atoms with Crippen LogP contribution < -0.4 is 9.47 Å². The summed E-state index contributed by atoms with van der Waals surface area (Å²) in [5.41, 5.74) is 2.52. The molecule has 17 heavy (non-hydrogen) atoms. The lowest BCUT2D eigenvalue weighted by Crippen LogP contribution is -2.19. The Labute approximate surface area is 109 Å². The van der Waals surface area contributed by atoms with E-state index in [0.29, 0.717) is 0 Å². The van der Waals surface area contributed by atoms with Crippen molar-refractivity contribution in [3.8, 4) is 11.5 Å². The maximum atomic E-state index is 5.31. The minimum atomic E-state index is 0.770. The Kier molecular flexibility index (Phi) is 5.65. The van der Waals surface area contributed by atoms with Gasteiger partial charge in [0.15, 0.2) is 11.5 Å². The van der Waals surface area contributed by atoms with Gasteiger partial charge >= 0.3 is 0 Å². The van der Waals surface area contributed by atoms with E-state index in [9.17, 15) is 0 Å². The third-order valence-electron chi connectivity index (χ3n) is 2.85. The second-order valence-electron chi connectivity index (χ2n) is 4.10. The molecule has 1 aromatic carbocycles. The lowest BCUT2D eigenvalue weighted by molar-refractivity contribution is 0.353. The van der Waals surface area contributed by atoms with Gasteiger partial charge in [0.1, 0.15) is 0 Å². The highest BCUT2D eigenvalue weighted by Gasteiger charge is 2.08. The van der Waals surface area contributed by atoms with Crippen molar-refractivity contribution in [2.75, 3.05) is 33.7 Å². The number of methoxy groups -OCH3 is 2. The Balaban J connectivity index is 2.85. The fourth-order valence-electron chi connectivity index (χ4n) is 1.67. The molecular weight excluding hydrogens is 234 g/mol. The standard InChI is InChI=1S/C13H21NO2S/c1-10-7-12(15-3)13(16-4)8-11(10)5-6-14(2)9-17/h7-8,17H,5-6,9H2,1-4H3. The van der Waals surface area contributed by atoms with Crippen molar-refractivity contribution in [2.24, 2.45) is 0 Å². The summed E-state index contributed by atoms with van der Waals surface area (Å²) < 4.78 is 10.6. The zero-order valence-corrected chi connectivity index (χ0v) is 11.9. The van der Waals surface area contributed by atoms with Crippen molar-refractivity contribution in [3.05, 3.63) is 23.3 Å². The number of nitrogens with zero attached hydrogens (tertiary/aromatic N) is 1. The third-order valence-corrected chi connectivity index (χ3v) is 3.33. The molecule has 1 rings (SSSR count). The lowest BCUT2D eigenvalue weighted by atomic mass is 10.0. The maximum absolute atomic E-state index is 5.31. The second-order valence-corrected chi connectivity index (χ2v) is 4.39. The van der Waals surface area contributed by atoms with Crippen molar-refractivity contribution in [1.82, 2.24) is 4.90 Å². The Bertz CT molecular complexity index is 369. The number of hydrogen-bond donors (Lipinski definition) is 1. The first kappa shape index (κ1) is 14.2. The molecule has 0 saturated heterocycles. The summed E-state index contributed by atoms with van der Waals surface area (Å²) in [6.45, 7) is 3.08. The van der Waals surface area contributed by atoms with Crippen LogP contribution in [0.15, 0.2) is 12.1 Å². The molecule has 96 valence electrons. The highest BCUT2D eigenvalue weighted by atomic mass is 32.1. The molecule has 0 aliphatic carbocycles. The summed E-state index contributed by atoms with van der Waals surface area (Å²) in [7, 11) is 5.38. The van der Waals surface area contributed by atoms with E-state index in [2.05, 4.69) is 37.6 Å². The van der Waals surface area contributed by atoms with Crippen LogP contribution in [0.2, 0.25) is 0 Å². The topological polar surface area (TPSA) is 21.7 Å². The Hall–Kier alpha value is -0.870. The molecule has 0 radical (unpaired) electrons. The van der Waals surface area contributed by atoms with E-state index in [1.165, 1.54) is 11.1 Å². The summed E-state index contributed by atoms with van der Waals surface area (Å²) >= 11 is 4.24. The Morgan fingerprint density at radius 1 is 1.18 bits per heavy atom. The molecule has 0 aromatic heterocycles. The summed E-state index contributed by atoms with van der Waals surface area (Å²) in [4.78, 5) is 2.17. The van der Waals surface area contributed by atoms with Gasteiger partial charge < -0.3 is 9.47 Å². The van der Waals surface area contributed by atoms with Gasteiger partial charge in [0.2, 0.25) is 0 Å². The van der Waals surface area contributed by atoms with Gasteiger partial charge in [-0.2, -0.15) is 12.6 Å². The predicted octanol–water partition coefficient (Wildman–Crippen LogP) is 2.37. The van der Waals surface area contributed by atoms with Crippen LogP contribution in [0.1, 0.15) is 11.1 Å². The van der Waals surface area contributed by atoms with Gasteiger partial charge in [0.05, 0.1) is 14.2 Å². The number of benzene rings is 1. The van der Waals surface area contributed by atoms with Crippen LogP contribution in [-0.4, -0.2) is 38.6 Å². The highest BCUT2D eigenvalue weighted by Crippen LogP contribution is 2.30. The van der Waals surface area contributed by atoms with Gasteiger partial charge in [-0.15, -0.1) is 0 Å². The third kappa shape index (κ3) is 3.82. The molecule has 0 aliphatic heterocycles. The Morgan fingerprint density at radius 3 is 2.29 bits per heavy atom. The van der Waals surface area contributed by atoms with E-state index in [4.69, 9.17) is 9.47 Å². The zero-order valence-electron chi connectivity index (χ0n) is 11.0. The fourth-order valence-corrected chi connectivity index (χ4v) is 1.82. The molecule has 0 N–H and O–H groups in total. The molecule has 0 spiro atoms. The molecule has 0 fully saturated rings. The number of thiol groups is 1. The Morgan fingerprint density at radius 2 is 1.76 bits per heavy atom. The zero-order chi connectivity index (χ0) is 12.8. The predicted molar refractivity (Wildman–Crippen MR) is 74.5 cm³/mol. The van der Waals surface area contributed by atoms with Gasteiger partial charge in [-0.3, -0.25) is 4.90 Å². The summed E-state index contributed by atoms with van der Waals surface area (Å²) in [6.07, 6.45) is 0.989. The molecular formula is C13H21NO2S. The van der Waals surface area contributed by atoms with E-state index < -0.39 is 0 Å². The molecule has 0 bridgehead atoms. The van der Waals surface area contributed by atoms with Crippen molar-refractivity contribution in [2.45, 2.75) is 13.3 Å². The summed E-state index contributed by atoms with van der Waals surface area (Å²) in [5, 5.41) is 0. The summed E-state index contributed by atoms with van der Waals surface area (Å²) in [5.74, 6) is 2.35. The normalized spacial score (nSPS) is 10.7. The lowest BCUT2D eigenvalue weighted by Gasteiger charge is -2.16. The highest BCUT2D eigenvalue weighted by molar-refractivity contribution is 7.80. The first-order valence-corrected chi connectivity index (χ1v) is 6.26. The van der Waals surface area contributed by atoms with Crippen molar-refractivity contribution in [3.63, 3.8) is 0 Å². The van der Waals surface area contributed by atoms with Crippen LogP contribution in [0.3, 0.4) is 0 Å². The molecule has 0 atom stereocenters. The number of hydrogen-bond acceptors (Lipinski definition) is 4. The number of ether oxygens (including phenoxy) is 2. The van der Waals surface area contributed by atoms with Crippen molar-refractivity contribution >= 4 is 12.6 Å². The van der Waals surface area contributed by atoms with Crippen LogP contribution >= 0.6 is 12.6 Å². The monoisotopic (exact) mass is 255 g/mol. The molecule has 0 saturated carbocycles. The van der Waals surface area contributed by atoms with Crippen LogP contribution in [0, 0.1) is 6.92 Å². The average molecular weight is 255 g/mol. The number of rotatable bonds is 6. The maximum Gasteiger partial charge on any atom is 0.161 e. The second kappa shape index (κ2) is 6.77. The quantitative estimate of drug-likeness (QED) is 0.623. The minimum Gasteiger partial charge on any atom is -0.493 e. The van der Waals surface area contributed by atoms with Crippen LogP contribution in [0.5, 0.6) is 11.5 Å². The van der Waals surface area contributed by atoms with Crippen LogP contribution in [0.25, 0.3) is 0 Å². The van der Waals surface area contributed by atoms with Gasteiger partial charge in [0, 0.05) is 12.4 Å². The van der Waals surface area contributed by atoms with Gasteiger partial charge in [-0.25, -0.2) is 0 Å².